The maximum atomic E-state index is 13.2. The summed E-state index contributed by atoms with van der Waals surface area (Å²) in [6.07, 6.45) is 0.571. The second-order valence-electron chi connectivity index (χ2n) is 5.15. The minimum absolute atomic E-state index is 0.00505. The van der Waals surface area contributed by atoms with Gasteiger partial charge in [0.05, 0.1) is 19.1 Å². The molecule has 0 aliphatic carbocycles. The quantitative estimate of drug-likeness (QED) is 0.370. The third kappa shape index (κ3) is 6.02. The zero-order chi connectivity index (χ0) is 16.5. The zero-order valence-electron chi connectivity index (χ0n) is 13.5. The van der Waals surface area contributed by atoms with Crippen LogP contribution in [0.15, 0.2) is 0 Å². The van der Waals surface area contributed by atoms with Gasteiger partial charge in [-0.3, -0.25) is 9.36 Å². The van der Waals surface area contributed by atoms with Crippen molar-refractivity contribution in [3.63, 3.8) is 0 Å². The minimum Gasteiger partial charge on any atom is -0.311 e. The van der Waals surface area contributed by atoms with Crippen molar-refractivity contribution in [2.45, 2.75) is 66.0 Å². The van der Waals surface area contributed by atoms with Gasteiger partial charge in [-0.2, -0.15) is 5.26 Å². The number of carbonyl (C=O) groups is 1. The van der Waals surface area contributed by atoms with Gasteiger partial charge in [0.25, 0.3) is 0 Å². The predicted molar refractivity (Wildman–Crippen MR) is 83.6 cm³/mol. The summed E-state index contributed by atoms with van der Waals surface area (Å²) in [5.41, 5.74) is -0.425. The lowest BCUT2D eigenvalue weighted by Gasteiger charge is -2.35. The molecule has 5 nitrogen and oxygen atoms in total. The molecule has 0 radical (unpaired) electrons. The van der Waals surface area contributed by atoms with Crippen LogP contribution in [0.4, 0.5) is 0 Å². The molecular formula is C15H25N2O3P. The summed E-state index contributed by atoms with van der Waals surface area (Å²) in [5.74, 6) is 5.51. The molecule has 0 bridgehead atoms. The summed E-state index contributed by atoms with van der Waals surface area (Å²) in [6.45, 7) is 9.19. The summed E-state index contributed by atoms with van der Waals surface area (Å²) in [4.78, 5) is 12.4. The molecule has 0 fully saturated rings. The van der Waals surface area contributed by atoms with Crippen LogP contribution in [0.3, 0.4) is 0 Å². The number of rotatable bonds is 9. The molecule has 0 spiro atoms. The predicted octanol–water partition coefficient (Wildman–Crippen LogP) is 3.56. The molecule has 0 aromatic rings. The van der Waals surface area contributed by atoms with Gasteiger partial charge in [0.15, 0.2) is 0 Å². The molecule has 0 aliphatic heterocycles. The molecule has 0 saturated carbocycles. The lowest BCUT2D eigenvalue weighted by atomic mass is 10.3. The van der Waals surface area contributed by atoms with Crippen LogP contribution in [0.5, 0.6) is 0 Å². The molecule has 1 unspecified atom stereocenters. The second kappa shape index (κ2) is 9.74. The van der Waals surface area contributed by atoms with Crippen molar-refractivity contribution in [2.75, 3.05) is 6.61 Å². The second-order valence-corrected chi connectivity index (χ2v) is 7.41. The highest BCUT2D eigenvalue weighted by molar-refractivity contribution is 7.74. The summed E-state index contributed by atoms with van der Waals surface area (Å²) in [7, 11) is -3.63. The van der Waals surface area contributed by atoms with Gasteiger partial charge in [-0.1, -0.05) is 0 Å². The standard InChI is InChI=1S/C15H25N2O3P/c1-6-7-8-10-15(18)21(19,20-12-9-11-16)17(13(2)3)14(4)5/h13-14H,8-10,12H2,1-5H3. The number of nitrogens with zero attached hydrogens (tertiary/aromatic N) is 2. The molecule has 1 atom stereocenters. The largest absolute Gasteiger partial charge is 0.337 e. The molecule has 21 heavy (non-hydrogen) atoms. The lowest BCUT2D eigenvalue weighted by molar-refractivity contribution is -0.113. The van der Waals surface area contributed by atoms with Crippen molar-refractivity contribution < 1.29 is 13.9 Å². The van der Waals surface area contributed by atoms with Crippen LogP contribution < -0.4 is 0 Å². The highest BCUT2D eigenvalue weighted by Gasteiger charge is 2.42. The number of hydrogen-bond donors (Lipinski definition) is 0. The Balaban J connectivity index is 5.32. The van der Waals surface area contributed by atoms with Crippen molar-refractivity contribution in [1.82, 2.24) is 4.67 Å². The molecular weight excluding hydrogens is 287 g/mol. The van der Waals surface area contributed by atoms with Gasteiger partial charge in [-0.05, 0) is 34.6 Å². The Morgan fingerprint density at radius 3 is 2.24 bits per heavy atom. The van der Waals surface area contributed by atoms with Gasteiger partial charge in [0.2, 0.25) is 5.52 Å². The fourth-order valence-electron chi connectivity index (χ4n) is 2.12. The molecule has 6 heteroatoms. The molecule has 0 aromatic carbocycles. The van der Waals surface area contributed by atoms with E-state index in [1.54, 1.807) is 11.6 Å². The summed E-state index contributed by atoms with van der Waals surface area (Å²) >= 11 is 0. The van der Waals surface area contributed by atoms with E-state index in [0.29, 0.717) is 6.42 Å². The zero-order valence-corrected chi connectivity index (χ0v) is 14.4. The van der Waals surface area contributed by atoms with Gasteiger partial charge in [0, 0.05) is 24.9 Å². The maximum Gasteiger partial charge on any atom is 0.337 e. The SMILES string of the molecule is CC#CCCC(=O)P(=O)(OCCC#N)N(C(C)C)C(C)C. The van der Waals surface area contributed by atoms with Gasteiger partial charge in [-0.15, -0.1) is 11.8 Å². The first-order valence-electron chi connectivity index (χ1n) is 7.14. The van der Waals surface area contributed by atoms with Crippen molar-refractivity contribution >= 4 is 13.0 Å². The Labute approximate surface area is 128 Å². The van der Waals surface area contributed by atoms with Gasteiger partial charge < -0.3 is 4.52 Å². The first-order chi connectivity index (χ1) is 9.81. The molecule has 0 rings (SSSR count). The van der Waals surface area contributed by atoms with E-state index in [4.69, 9.17) is 9.79 Å². The van der Waals surface area contributed by atoms with Crippen LogP contribution in [0.1, 0.15) is 53.9 Å². The molecule has 0 saturated heterocycles. The Morgan fingerprint density at radius 1 is 1.24 bits per heavy atom. The summed E-state index contributed by atoms with van der Waals surface area (Å²) in [6, 6.07) is 1.73. The van der Waals surface area contributed by atoms with Crippen molar-refractivity contribution in [1.29, 1.82) is 5.26 Å². The highest BCUT2D eigenvalue weighted by Crippen LogP contribution is 2.55. The Hall–Kier alpha value is -1.13. The lowest BCUT2D eigenvalue weighted by Crippen LogP contribution is -2.37. The molecule has 0 N–H and O–H groups in total. The van der Waals surface area contributed by atoms with Gasteiger partial charge in [0.1, 0.15) is 0 Å². The number of carbonyl (C=O) groups excluding carboxylic acids is 1. The third-order valence-corrected chi connectivity index (χ3v) is 5.72. The van der Waals surface area contributed by atoms with Crippen LogP contribution in [-0.2, 0) is 13.9 Å². The number of hydrogen-bond acceptors (Lipinski definition) is 4. The van der Waals surface area contributed by atoms with Crippen molar-refractivity contribution in [3.8, 4) is 17.9 Å². The van der Waals surface area contributed by atoms with Crippen LogP contribution in [0, 0.1) is 23.2 Å². The Bertz CT molecular complexity index is 475. The molecule has 0 heterocycles. The number of nitriles is 1. The summed E-state index contributed by atoms with van der Waals surface area (Å²) in [5, 5.41) is 8.60. The fourth-order valence-corrected chi connectivity index (χ4v) is 4.61. The third-order valence-electron chi connectivity index (χ3n) is 2.80. The maximum absolute atomic E-state index is 13.2. The topological polar surface area (TPSA) is 70.4 Å². The van der Waals surface area contributed by atoms with E-state index >= 15 is 0 Å². The smallest absolute Gasteiger partial charge is 0.311 e. The average molecular weight is 312 g/mol. The van der Waals surface area contributed by atoms with Crippen LogP contribution in [-0.4, -0.2) is 28.9 Å². The van der Waals surface area contributed by atoms with E-state index < -0.39 is 13.0 Å². The normalized spacial score (nSPS) is 13.7. The van der Waals surface area contributed by atoms with Crippen LogP contribution in [0.2, 0.25) is 0 Å². The summed E-state index contributed by atoms with van der Waals surface area (Å²) < 4.78 is 20.2. The monoisotopic (exact) mass is 312 g/mol. The Morgan fingerprint density at radius 2 is 1.81 bits per heavy atom. The van der Waals surface area contributed by atoms with Crippen molar-refractivity contribution in [3.05, 3.63) is 0 Å². The van der Waals surface area contributed by atoms with E-state index in [2.05, 4.69) is 11.8 Å². The molecule has 0 amide bonds. The molecule has 118 valence electrons. The first-order valence-corrected chi connectivity index (χ1v) is 8.72. The van der Waals surface area contributed by atoms with Crippen molar-refractivity contribution in [2.24, 2.45) is 0 Å². The first kappa shape index (κ1) is 19.9. The average Bonchev–Trinajstić information content (AvgIpc) is 2.38. The molecule has 0 aliphatic rings. The van der Waals surface area contributed by atoms with E-state index in [1.807, 2.05) is 33.8 Å². The fraction of sp³-hybridized carbons (Fsp3) is 0.733. The van der Waals surface area contributed by atoms with Gasteiger partial charge in [-0.25, -0.2) is 4.67 Å². The van der Waals surface area contributed by atoms with Gasteiger partial charge >= 0.3 is 7.52 Å². The van der Waals surface area contributed by atoms with E-state index in [9.17, 15) is 9.36 Å². The molecule has 0 aromatic heterocycles. The van der Waals surface area contributed by atoms with E-state index in [0.717, 1.165) is 0 Å². The van der Waals surface area contributed by atoms with Crippen LogP contribution in [0.25, 0.3) is 0 Å². The Kier molecular flexibility index (Phi) is 9.22. The van der Waals surface area contributed by atoms with E-state index in [-0.39, 0.29) is 31.5 Å². The van der Waals surface area contributed by atoms with E-state index in [1.165, 1.54) is 0 Å². The van der Waals surface area contributed by atoms with Crippen LogP contribution >= 0.6 is 7.52 Å². The minimum atomic E-state index is -3.63. The highest BCUT2D eigenvalue weighted by atomic mass is 31.2.